The van der Waals surface area contributed by atoms with Gasteiger partial charge in [-0.25, -0.2) is 9.18 Å². The number of amides is 3. The van der Waals surface area contributed by atoms with Gasteiger partial charge in [0.05, 0.1) is 5.69 Å². The second-order valence-electron chi connectivity index (χ2n) is 3.27. The van der Waals surface area contributed by atoms with Crippen LogP contribution in [0.1, 0.15) is 0 Å². The first-order valence-electron chi connectivity index (χ1n) is 4.44. The van der Waals surface area contributed by atoms with Gasteiger partial charge < -0.3 is 0 Å². The largest absolute Gasteiger partial charge is 0.331 e. The van der Waals surface area contributed by atoms with Gasteiger partial charge in [-0.1, -0.05) is 12.1 Å². The van der Waals surface area contributed by atoms with Crippen LogP contribution in [-0.4, -0.2) is 30.4 Å². The van der Waals surface area contributed by atoms with Crippen molar-refractivity contribution < 1.29 is 14.0 Å². The standard InChI is InChI=1S/C10H9FN2O2/c1-12-9(14)6-13(10(12)15)8-5-3-2-4-7(8)11/h2-5H,6H2,1H3. The fourth-order valence-corrected chi connectivity index (χ4v) is 1.46. The number of halogens is 1. The second-order valence-corrected chi connectivity index (χ2v) is 3.27. The Balaban J connectivity index is 2.38. The lowest BCUT2D eigenvalue weighted by atomic mass is 10.3. The first-order chi connectivity index (χ1) is 7.11. The summed E-state index contributed by atoms with van der Waals surface area (Å²) in [6.07, 6.45) is 0. The molecule has 1 saturated heterocycles. The monoisotopic (exact) mass is 208 g/mol. The van der Waals surface area contributed by atoms with Crippen molar-refractivity contribution in [3.8, 4) is 0 Å². The van der Waals surface area contributed by atoms with Gasteiger partial charge >= 0.3 is 6.03 Å². The van der Waals surface area contributed by atoms with Crippen LogP contribution in [0, 0.1) is 5.82 Å². The molecule has 0 spiro atoms. The second kappa shape index (κ2) is 3.34. The fourth-order valence-electron chi connectivity index (χ4n) is 1.46. The molecule has 1 aliphatic rings. The van der Waals surface area contributed by atoms with Crippen molar-refractivity contribution in [2.75, 3.05) is 18.5 Å². The number of nitrogens with zero attached hydrogens (tertiary/aromatic N) is 2. The predicted molar refractivity (Wildman–Crippen MR) is 51.9 cm³/mol. The molecule has 1 aromatic carbocycles. The highest BCUT2D eigenvalue weighted by atomic mass is 19.1. The van der Waals surface area contributed by atoms with Gasteiger partial charge in [-0.2, -0.15) is 0 Å². The molecule has 0 atom stereocenters. The van der Waals surface area contributed by atoms with E-state index in [1.165, 1.54) is 25.2 Å². The van der Waals surface area contributed by atoms with E-state index in [2.05, 4.69) is 0 Å². The molecular formula is C10H9FN2O2. The maximum absolute atomic E-state index is 13.3. The fraction of sp³-hybridized carbons (Fsp3) is 0.200. The average molecular weight is 208 g/mol. The van der Waals surface area contributed by atoms with Gasteiger partial charge in [0.1, 0.15) is 12.4 Å². The smallest absolute Gasteiger partial charge is 0.282 e. The van der Waals surface area contributed by atoms with Crippen LogP contribution in [0.5, 0.6) is 0 Å². The number of hydrogen-bond donors (Lipinski definition) is 0. The summed E-state index contributed by atoms with van der Waals surface area (Å²) in [5.41, 5.74) is 0.139. The molecule has 2 rings (SSSR count). The molecule has 0 unspecified atom stereocenters. The molecule has 0 saturated carbocycles. The van der Waals surface area contributed by atoms with E-state index in [0.717, 1.165) is 9.80 Å². The molecule has 15 heavy (non-hydrogen) atoms. The first-order valence-corrected chi connectivity index (χ1v) is 4.44. The summed E-state index contributed by atoms with van der Waals surface area (Å²) in [6, 6.07) is 5.38. The zero-order valence-electron chi connectivity index (χ0n) is 8.11. The van der Waals surface area contributed by atoms with Crippen LogP contribution in [0.2, 0.25) is 0 Å². The highest BCUT2D eigenvalue weighted by Gasteiger charge is 2.35. The van der Waals surface area contributed by atoms with Crippen LogP contribution >= 0.6 is 0 Å². The van der Waals surface area contributed by atoms with Crippen LogP contribution in [0.25, 0.3) is 0 Å². The topological polar surface area (TPSA) is 40.6 Å². The molecule has 0 bridgehead atoms. The normalized spacial score (nSPS) is 16.4. The Morgan fingerprint density at radius 1 is 1.27 bits per heavy atom. The van der Waals surface area contributed by atoms with E-state index in [-0.39, 0.29) is 18.1 Å². The number of carbonyl (C=O) groups is 2. The number of imide groups is 1. The number of rotatable bonds is 1. The Morgan fingerprint density at radius 2 is 1.93 bits per heavy atom. The number of urea groups is 1. The molecule has 78 valence electrons. The number of anilines is 1. The highest BCUT2D eigenvalue weighted by molar-refractivity contribution is 6.11. The van der Waals surface area contributed by atoms with E-state index in [1.807, 2.05) is 0 Å². The summed E-state index contributed by atoms with van der Waals surface area (Å²) >= 11 is 0. The Hall–Kier alpha value is -1.91. The average Bonchev–Trinajstić information content (AvgIpc) is 2.47. The SMILES string of the molecule is CN1C(=O)CN(c2ccccc2F)C1=O. The third kappa shape index (κ3) is 1.45. The maximum atomic E-state index is 13.3. The first kappa shape index (κ1) is 9.64. The molecular weight excluding hydrogens is 199 g/mol. The Bertz CT molecular complexity index is 433. The molecule has 5 heteroatoms. The molecule has 1 aliphatic heterocycles. The van der Waals surface area contributed by atoms with Crippen molar-refractivity contribution in [3.05, 3.63) is 30.1 Å². The van der Waals surface area contributed by atoms with Crippen molar-refractivity contribution in [1.82, 2.24) is 4.90 Å². The zero-order valence-corrected chi connectivity index (χ0v) is 8.11. The minimum Gasteiger partial charge on any atom is -0.282 e. The van der Waals surface area contributed by atoms with Crippen molar-refractivity contribution in [2.24, 2.45) is 0 Å². The lowest BCUT2D eigenvalue weighted by Gasteiger charge is -2.14. The summed E-state index contributed by atoms with van der Waals surface area (Å²) in [6.45, 7) is -0.101. The van der Waals surface area contributed by atoms with E-state index < -0.39 is 11.8 Å². The van der Waals surface area contributed by atoms with Gasteiger partial charge in [0.15, 0.2) is 0 Å². The van der Waals surface area contributed by atoms with E-state index >= 15 is 0 Å². The van der Waals surface area contributed by atoms with Crippen LogP contribution in [0.3, 0.4) is 0 Å². The van der Waals surface area contributed by atoms with Gasteiger partial charge in [-0.05, 0) is 12.1 Å². The third-order valence-electron chi connectivity index (χ3n) is 2.33. The van der Waals surface area contributed by atoms with Crippen molar-refractivity contribution >= 4 is 17.6 Å². The van der Waals surface area contributed by atoms with Crippen LogP contribution in [0.4, 0.5) is 14.9 Å². The van der Waals surface area contributed by atoms with Gasteiger partial charge in [-0.15, -0.1) is 0 Å². The number of para-hydroxylation sites is 1. The van der Waals surface area contributed by atoms with Gasteiger partial charge in [0.25, 0.3) is 0 Å². The van der Waals surface area contributed by atoms with Crippen LogP contribution in [-0.2, 0) is 4.79 Å². The molecule has 0 aromatic heterocycles. The molecule has 0 radical (unpaired) electrons. The molecule has 1 heterocycles. The quantitative estimate of drug-likeness (QED) is 0.651. The van der Waals surface area contributed by atoms with Crippen LogP contribution in [0.15, 0.2) is 24.3 Å². The summed E-state index contributed by atoms with van der Waals surface area (Å²) in [7, 11) is 1.38. The third-order valence-corrected chi connectivity index (χ3v) is 2.33. The minimum atomic E-state index is -0.506. The maximum Gasteiger partial charge on any atom is 0.331 e. The summed E-state index contributed by atoms with van der Waals surface area (Å²) in [5, 5.41) is 0. The highest BCUT2D eigenvalue weighted by Crippen LogP contribution is 2.22. The van der Waals surface area contributed by atoms with Crippen molar-refractivity contribution in [3.63, 3.8) is 0 Å². The lowest BCUT2D eigenvalue weighted by Crippen LogP contribution is -2.30. The summed E-state index contributed by atoms with van der Waals surface area (Å²) in [4.78, 5) is 24.9. The molecule has 1 aromatic rings. The van der Waals surface area contributed by atoms with E-state index in [4.69, 9.17) is 0 Å². The zero-order chi connectivity index (χ0) is 11.0. The molecule has 0 aliphatic carbocycles. The molecule has 3 amide bonds. The van der Waals surface area contributed by atoms with Gasteiger partial charge in [0, 0.05) is 7.05 Å². The van der Waals surface area contributed by atoms with Crippen LogP contribution < -0.4 is 4.90 Å². The molecule has 4 nitrogen and oxygen atoms in total. The predicted octanol–water partition coefficient (Wildman–Crippen LogP) is 1.22. The lowest BCUT2D eigenvalue weighted by molar-refractivity contribution is -0.123. The molecule has 0 N–H and O–H groups in total. The number of hydrogen-bond acceptors (Lipinski definition) is 2. The minimum absolute atomic E-state index is 0.101. The van der Waals surface area contributed by atoms with E-state index in [1.54, 1.807) is 6.07 Å². The Morgan fingerprint density at radius 3 is 2.47 bits per heavy atom. The number of benzene rings is 1. The molecule has 1 fully saturated rings. The number of carbonyl (C=O) groups excluding carboxylic acids is 2. The summed E-state index contributed by atoms with van der Waals surface area (Å²) in [5.74, 6) is -0.836. The number of likely N-dealkylation sites (N-methyl/N-ethyl adjacent to an activating group) is 1. The van der Waals surface area contributed by atoms with Crippen molar-refractivity contribution in [2.45, 2.75) is 0 Å². The van der Waals surface area contributed by atoms with E-state index in [0.29, 0.717) is 0 Å². The Labute approximate surface area is 85.9 Å². The van der Waals surface area contributed by atoms with E-state index in [9.17, 15) is 14.0 Å². The van der Waals surface area contributed by atoms with Crippen molar-refractivity contribution in [1.29, 1.82) is 0 Å². The van der Waals surface area contributed by atoms with Gasteiger partial charge in [0.2, 0.25) is 5.91 Å². The Kier molecular flexibility index (Phi) is 2.15. The van der Waals surface area contributed by atoms with Gasteiger partial charge in [-0.3, -0.25) is 14.6 Å². The summed E-state index contributed by atoms with van der Waals surface area (Å²) < 4.78 is 13.3.